The highest BCUT2D eigenvalue weighted by molar-refractivity contribution is 9.10. The monoisotopic (exact) mass is 454 g/mol. The van der Waals surface area contributed by atoms with E-state index < -0.39 is 5.60 Å². The fourth-order valence-electron chi connectivity index (χ4n) is 3.46. The highest BCUT2D eigenvalue weighted by Crippen LogP contribution is 2.28. The van der Waals surface area contributed by atoms with Crippen LogP contribution >= 0.6 is 15.9 Å². The second-order valence-corrected chi connectivity index (χ2v) is 9.86. The molecule has 1 amide bonds. The number of aromatic nitrogens is 2. The Hall–Kier alpha value is -1.57. The van der Waals surface area contributed by atoms with E-state index >= 15 is 0 Å². The van der Waals surface area contributed by atoms with Crippen molar-refractivity contribution < 1.29 is 14.3 Å². The van der Waals surface area contributed by atoms with Gasteiger partial charge >= 0.3 is 6.09 Å². The minimum Gasteiger partial charge on any atom is -0.476 e. The molecule has 3 rings (SSSR count). The number of anilines is 1. The number of nitrogens with zero attached hydrogens (tertiary/aromatic N) is 3. The van der Waals surface area contributed by atoms with Gasteiger partial charge in [0.1, 0.15) is 5.60 Å². The average Bonchev–Trinajstić information content (AvgIpc) is 2.56. The Morgan fingerprint density at radius 2 is 1.96 bits per heavy atom. The van der Waals surface area contributed by atoms with E-state index in [1.54, 1.807) is 11.1 Å². The largest absolute Gasteiger partial charge is 0.476 e. The molecule has 1 aliphatic carbocycles. The SMILES string of the molecule is CC(C)(C)OC(=O)N1CC(COc2nc(N[C@H]3CC[C@@H](C)CC3)ncc2Br)C1. The second kappa shape index (κ2) is 8.84. The summed E-state index contributed by atoms with van der Waals surface area (Å²) < 4.78 is 12.0. The average molecular weight is 455 g/mol. The number of nitrogens with one attached hydrogen (secondary N) is 1. The van der Waals surface area contributed by atoms with Gasteiger partial charge in [0.2, 0.25) is 11.8 Å². The lowest BCUT2D eigenvalue weighted by atomic mass is 9.87. The van der Waals surface area contributed by atoms with Gasteiger partial charge < -0.3 is 19.7 Å². The highest BCUT2D eigenvalue weighted by Gasteiger charge is 2.34. The van der Waals surface area contributed by atoms with Gasteiger partial charge in [-0.3, -0.25) is 0 Å². The molecule has 156 valence electrons. The molecule has 1 aromatic rings. The summed E-state index contributed by atoms with van der Waals surface area (Å²) in [5.74, 6) is 2.25. The Bertz CT molecular complexity index is 681. The summed E-state index contributed by atoms with van der Waals surface area (Å²) >= 11 is 3.46. The van der Waals surface area contributed by atoms with Gasteiger partial charge in [0.05, 0.1) is 17.3 Å². The number of hydrogen-bond donors (Lipinski definition) is 1. The predicted octanol–water partition coefficient (Wildman–Crippen LogP) is 4.48. The first-order valence-corrected chi connectivity index (χ1v) is 10.9. The van der Waals surface area contributed by atoms with Crippen molar-refractivity contribution >= 4 is 28.0 Å². The van der Waals surface area contributed by atoms with E-state index in [9.17, 15) is 4.79 Å². The first kappa shape index (κ1) is 21.1. The van der Waals surface area contributed by atoms with Gasteiger partial charge in [-0.2, -0.15) is 4.98 Å². The first-order chi connectivity index (χ1) is 13.2. The minimum absolute atomic E-state index is 0.264. The summed E-state index contributed by atoms with van der Waals surface area (Å²) in [6.45, 7) is 9.72. The van der Waals surface area contributed by atoms with Gasteiger partial charge in [0.15, 0.2) is 0 Å². The summed E-state index contributed by atoms with van der Waals surface area (Å²) in [4.78, 5) is 22.6. The third kappa shape index (κ3) is 5.96. The van der Waals surface area contributed by atoms with E-state index in [-0.39, 0.29) is 12.0 Å². The van der Waals surface area contributed by atoms with Crippen molar-refractivity contribution in [2.45, 2.75) is 65.0 Å². The maximum atomic E-state index is 12.0. The molecule has 2 aliphatic rings. The number of amides is 1. The Morgan fingerprint density at radius 3 is 2.61 bits per heavy atom. The number of ether oxygens (including phenoxy) is 2. The quantitative estimate of drug-likeness (QED) is 0.706. The summed E-state index contributed by atoms with van der Waals surface area (Å²) in [6, 6.07) is 0.430. The zero-order valence-corrected chi connectivity index (χ0v) is 18.8. The molecule has 8 heteroatoms. The lowest BCUT2D eigenvalue weighted by molar-refractivity contribution is -0.00812. The molecule has 0 radical (unpaired) electrons. The van der Waals surface area contributed by atoms with Crippen LogP contribution in [0, 0.1) is 11.8 Å². The zero-order valence-electron chi connectivity index (χ0n) is 17.2. The van der Waals surface area contributed by atoms with Crippen LogP contribution in [-0.2, 0) is 4.74 Å². The Labute approximate surface area is 175 Å². The molecule has 1 saturated carbocycles. The van der Waals surface area contributed by atoms with Crippen molar-refractivity contribution in [1.82, 2.24) is 14.9 Å². The Morgan fingerprint density at radius 1 is 1.29 bits per heavy atom. The van der Waals surface area contributed by atoms with Crippen LogP contribution in [0.3, 0.4) is 0 Å². The lowest BCUT2D eigenvalue weighted by Crippen LogP contribution is -2.53. The lowest BCUT2D eigenvalue weighted by Gasteiger charge is -2.39. The van der Waals surface area contributed by atoms with E-state index in [2.05, 4.69) is 38.1 Å². The Kier molecular flexibility index (Phi) is 6.68. The minimum atomic E-state index is -0.468. The van der Waals surface area contributed by atoms with Gasteiger partial charge in [-0.05, 0) is 68.3 Å². The fourth-order valence-corrected chi connectivity index (χ4v) is 3.76. The zero-order chi connectivity index (χ0) is 20.3. The van der Waals surface area contributed by atoms with Gasteiger partial charge in [-0.1, -0.05) is 6.92 Å². The maximum absolute atomic E-state index is 12.0. The van der Waals surface area contributed by atoms with E-state index in [0.717, 1.165) is 23.2 Å². The summed E-state index contributed by atoms with van der Waals surface area (Å²) in [5, 5.41) is 3.44. The van der Waals surface area contributed by atoms with Gasteiger partial charge in [-0.25, -0.2) is 9.78 Å². The van der Waals surface area contributed by atoms with Crippen molar-refractivity contribution in [2.75, 3.05) is 25.0 Å². The number of carbonyl (C=O) groups excluding carboxylic acids is 1. The van der Waals surface area contributed by atoms with Crippen molar-refractivity contribution in [3.8, 4) is 5.88 Å². The molecule has 2 heterocycles. The number of halogens is 1. The van der Waals surface area contributed by atoms with Crippen molar-refractivity contribution in [2.24, 2.45) is 11.8 Å². The van der Waals surface area contributed by atoms with E-state index in [1.165, 1.54) is 12.8 Å². The van der Waals surface area contributed by atoms with Crippen LogP contribution in [-0.4, -0.2) is 52.3 Å². The summed E-state index contributed by atoms with van der Waals surface area (Å²) in [5.41, 5.74) is -0.468. The normalized spacial score (nSPS) is 23.1. The molecule has 1 aliphatic heterocycles. The third-order valence-electron chi connectivity index (χ3n) is 5.13. The maximum Gasteiger partial charge on any atom is 0.410 e. The fraction of sp³-hybridized carbons (Fsp3) is 0.750. The third-order valence-corrected chi connectivity index (χ3v) is 5.67. The second-order valence-electron chi connectivity index (χ2n) is 9.01. The number of rotatable bonds is 5. The molecule has 1 aromatic heterocycles. The number of likely N-dealkylation sites (tertiary alicyclic amines) is 1. The molecule has 28 heavy (non-hydrogen) atoms. The molecule has 7 nitrogen and oxygen atoms in total. The smallest absolute Gasteiger partial charge is 0.410 e. The van der Waals surface area contributed by atoms with Crippen molar-refractivity contribution in [3.63, 3.8) is 0 Å². The van der Waals surface area contributed by atoms with Gasteiger partial charge in [0, 0.05) is 25.0 Å². The Balaban J connectivity index is 1.45. The van der Waals surface area contributed by atoms with Gasteiger partial charge in [-0.15, -0.1) is 0 Å². The molecule has 0 unspecified atom stereocenters. The summed E-state index contributed by atoms with van der Waals surface area (Å²) in [6.07, 6.45) is 6.25. The summed E-state index contributed by atoms with van der Waals surface area (Å²) in [7, 11) is 0. The molecule has 0 spiro atoms. The highest BCUT2D eigenvalue weighted by atomic mass is 79.9. The molecule has 0 atom stereocenters. The van der Waals surface area contributed by atoms with Crippen LogP contribution < -0.4 is 10.1 Å². The van der Waals surface area contributed by atoms with Crippen LogP contribution in [0.15, 0.2) is 10.7 Å². The van der Waals surface area contributed by atoms with E-state index in [4.69, 9.17) is 9.47 Å². The molecule has 1 N–H and O–H groups in total. The van der Waals surface area contributed by atoms with Crippen molar-refractivity contribution in [1.29, 1.82) is 0 Å². The predicted molar refractivity (Wildman–Crippen MR) is 112 cm³/mol. The number of carbonyl (C=O) groups is 1. The van der Waals surface area contributed by atoms with E-state index in [1.807, 2.05) is 20.8 Å². The van der Waals surface area contributed by atoms with Crippen LogP contribution in [0.25, 0.3) is 0 Å². The molecule has 0 bridgehead atoms. The molecule has 0 aromatic carbocycles. The molecular weight excluding hydrogens is 424 g/mol. The van der Waals surface area contributed by atoms with Crippen LogP contribution in [0.2, 0.25) is 0 Å². The van der Waals surface area contributed by atoms with Gasteiger partial charge in [0.25, 0.3) is 0 Å². The molecule has 2 fully saturated rings. The standard InChI is InChI=1S/C20H31BrN4O3/c1-13-5-7-15(8-6-13)23-18-22-9-16(21)17(24-18)27-12-14-10-25(11-14)19(26)28-20(2,3)4/h9,13-15H,5-8,10-12H2,1-4H3,(H,22,23,24)/t13-,15+. The van der Waals surface area contributed by atoms with Crippen LogP contribution in [0.5, 0.6) is 5.88 Å². The molecular formula is C20H31BrN4O3. The van der Waals surface area contributed by atoms with E-state index in [0.29, 0.717) is 37.6 Å². The first-order valence-electron chi connectivity index (χ1n) is 10.1. The number of hydrogen-bond acceptors (Lipinski definition) is 6. The van der Waals surface area contributed by atoms with Crippen LogP contribution in [0.1, 0.15) is 53.4 Å². The van der Waals surface area contributed by atoms with Crippen molar-refractivity contribution in [3.05, 3.63) is 10.7 Å². The topological polar surface area (TPSA) is 76.6 Å². The molecule has 1 saturated heterocycles. The van der Waals surface area contributed by atoms with Crippen LogP contribution in [0.4, 0.5) is 10.7 Å².